The van der Waals surface area contributed by atoms with Gasteiger partial charge in [-0.3, -0.25) is 0 Å². The van der Waals surface area contributed by atoms with Gasteiger partial charge in [-0.2, -0.15) is 0 Å². The van der Waals surface area contributed by atoms with Crippen LogP contribution in [0.1, 0.15) is 58.2 Å². The Kier molecular flexibility index (Phi) is 21.6. The number of rotatable bonds is 2. The molecule has 0 aromatic heterocycles. The highest BCUT2D eigenvalue weighted by Crippen LogP contribution is 2.13. The lowest BCUT2D eigenvalue weighted by Crippen LogP contribution is -1.85. The van der Waals surface area contributed by atoms with Crippen molar-refractivity contribution in [2.45, 2.75) is 54.9 Å². The first-order valence-corrected chi connectivity index (χ1v) is 6.83. The van der Waals surface area contributed by atoms with Crippen molar-refractivity contribution in [3.05, 3.63) is 41.0 Å². The van der Waals surface area contributed by atoms with Gasteiger partial charge in [0.25, 0.3) is 0 Å². The topological polar surface area (TPSA) is 0 Å². The van der Waals surface area contributed by atoms with Gasteiger partial charge in [-0.1, -0.05) is 65.0 Å². The average molecular weight is 246 g/mol. The first kappa shape index (κ1) is 21.8. The maximum absolute atomic E-state index is 4.00. The Morgan fingerprint density at radius 1 is 1.06 bits per heavy atom. The van der Waals surface area contributed by atoms with Crippen LogP contribution in [0.5, 0.6) is 0 Å². The molecule has 0 N–H and O–H groups in total. The van der Waals surface area contributed by atoms with Crippen molar-refractivity contribution in [3.8, 4) is 12.8 Å². The minimum absolute atomic E-state index is 1.12. The van der Waals surface area contributed by atoms with E-state index in [9.17, 15) is 0 Å². The van der Waals surface area contributed by atoms with Crippen LogP contribution in [0.2, 0.25) is 0 Å². The number of benzene rings is 1. The van der Waals surface area contributed by atoms with E-state index in [2.05, 4.69) is 64.0 Å². The second-order valence-electron chi connectivity index (χ2n) is 3.04. The smallest absolute Gasteiger partial charge is 0.0228 e. The molecule has 0 aliphatic carbocycles. The molecule has 1 rings (SSSR count). The predicted octanol–water partition coefficient (Wildman–Crippen LogP) is 5.89. The lowest BCUT2D eigenvalue weighted by Gasteiger charge is -2.02. The van der Waals surface area contributed by atoms with Gasteiger partial charge in [0.2, 0.25) is 0 Å². The quantitative estimate of drug-likeness (QED) is 0.570. The number of hydrogen-bond donors (Lipinski definition) is 0. The summed E-state index contributed by atoms with van der Waals surface area (Å²) in [5, 5.41) is 0. The van der Waals surface area contributed by atoms with E-state index < -0.39 is 0 Å². The van der Waals surface area contributed by atoms with E-state index in [1.807, 2.05) is 27.7 Å². The van der Waals surface area contributed by atoms with Gasteiger partial charge in [0, 0.05) is 0 Å². The molecule has 0 heterocycles. The molecule has 0 heteroatoms. The van der Waals surface area contributed by atoms with Gasteiger partial charge in [0.15, 0.2) is 0 Å². The number of allylic oxidation sites excluding steroid dienone is 1. The third-order valence-corrected chi connectivity index (χ3v) is 2.10. The molecule has 0 bridgehead atoms. The van der Waals surface area contributed by atoms with E-state index in [1.54, 1.807) is 0 Å². The van der Waals surface area contributed by atoms with E-state index in [0.29, 0.717) is 0 Å². The van der Waals surface area contributed by atoms with Crippen LogP contribution in [-0.4, -0.2) is 0 Å². The van der Waals surface area contributed by atoms with E-state index in [4.69, 9.17) is 0 Å². The Morgan fingerprint density at radius 3 is 1.94 bits per heavy atom. The van der Waals surface area contributed by atoms with Crippen molar-refractivity contribution in [2.24, 2.45) is 0 Å². The summed E-state index contributed by atoms with van der Waals surface area (Å²) in [6, 6.07) is 6.64. The molecule has 0 aliphatic rings. The number of aryl methyl sites for hydroxylation is 2. The van der Waals surface area contributed by atoms with Crippen LogP contribution in [-0.2, 0) is 6.42 Å². The van der Waals surface area contributed by atoms with Crippen LogP contribution in [0.25, 0.3) is 6.08 Å². The summed E-state index contributed by atoms with van der Waals surface area (Å²) in [5.74, 6) is 0. The van der Waals surface area contributed by atoms with Crippen LogP contribution < -0.4 is 0 Å². The fraction of sp³-hybridized carbons (Fsp3) is 0.444. The minimum Gasteiger partial charge on any atom is -0.124 e. The second-order valence-corrected chi connectivity index (χ2v) is 3.04. The highest BCUT2D eigenvalue weighted by atomic mass is 14.0. The van der Waals surface area contributed by atoms with Crippen molar-refractivity contribution < 1.29 is 0 Å². The third kappa shape index (κ3) is 9.73. The van der Waals surface area contributed by atoms with E-state index in [0.717, 1.165) is 6.42 Å². The lowest BCUT2D eigenvalue weighted by atomic mass is 10.0. The standard InChI is InChI=1S/C12H16.2C2H6.C2H2/c1-4-6-12-9-11(5-2)8-7-10(12)3;3*1-2/h4,6-9H,5H2,1-3H3;2*1-2H3;1-2H/b6-4-;;;. The van der Waals surface area contributed by atoms with Crippen molar-refractivity contribution in [3.63, 3.8) is 0 Å². The Hall–Kier alpha value is -1.48. The molecule has 0 saturated heterocycles. The minimum atomic E-state index is 1.12. The normalized spacial score (nSPS) is 8.06. The molecule has 0 atom stereocenters. The zero-order valence-electron chi connectivity index (χ0n) is 13.2. The van der Waals surface area contributed by atoms with Gasteiger partial charge in [-0.15, -0.1) is 12.8 Å². The molecular weight excluding hydrogens is 216 g/mol. The molecule has 0 aliphatic heterocycles. The fourth-order valence-corrected chi connectivity index (χ4v) is 1.27. The Morgan fingerprint density at radius 2 is 1.56 bits per heavy atom. The largest absolute Gasteiger partial charge is 0.124 e. The van der Waals surface area contributed by atoms with Crippen LogP contribution in [0.3, 0.4) is 0 Å². The first-order chi connectivity index (χ1) is 8.77. The van der Waals surface area contributed by atoms with Gasteiger partial charge in [0.1, 0.15) is 0 Å². The Balaban J connectivity index is -0.000000328. The molecule has 1 aromatic carbocycles. The monoisotopic (exact) mass is 246 g/mol. The highest BCUT2D eigenvalue weighted by molar-refractivity contribution is 5.54. The molecule has 18 heavy (non-hydrogen) atoms. The molecular formula is C18H30. The zero-order valence-corrected chi connectivity index (χ0v) is 13.2. The van der Waals surface area contributed by atoms with Crippen molar-refractivity contribution in [2.75, 3.05) is 0 Å². The lowest BCUT2D eigenvalue weighted by molar-refractivity contribution is 1.13. The van der Waals surface area contributed by atoms with E-state index in [-0.39, 0.29) is 0 Å². The van der Waals surface area contributed by atoms with Crippen LogP contribution in [0, 0.1) is 19.8 Å². The fourth-order valence-electron chi connectivity index (χ4n) is 1.27. The molecule has 0 spiro atoms. The second kappa shape index (κ2) is 17.9. The van der Waals surface area contributed by atoms with Crippen LogP contribution in [0.4, 0.5) is 0 Å². The Bertz CT molecular complexity index is 316. The van der Waals surface area contributed by atoms with Gasteiger partial charge in [-0.05, 0) is 37.0 Å². The van der Waals surface area contributed by atoms with Gasteiger partial charge in [0.05, 0.1) is 0 Å². The number of terminal acetylenes is 1. The molecule has 102 valence electrons. The first-order valence-electron chi connectivity index (χ1n) is 6.83. The zero-order chi connectivity index (χ0) is 15.0. The predicted molar refractivity (Wildman–Crippen MR) is 87.9 cm³/mol. The molecule has 0 radical (unpaired) electrons. The number of hydrogen-bond acceptors (Lipinski definition) is 0. The maximum atomic E-state index is 4.00. The van der Waals surface area contributed by atoms with E-state index >= 15 is 0 Å². The van der Waals surface area contributed by atoms with Crippen molar-refractivity contribution >= 4 is 6.08 Å². The Labute approximate surface area is 115 Å². The summed E-state index contributed by atoms with van der Waals surface area (Å²) in [5.41, 5.74) is 4.11. The van der Waals surface area contributed by atoms with Crippen molar-refractivity contribution in [1.29, 1.82) is 0 Å². The van der Waals surface area contributed by atoms with Gasteiger partial charge >= 0.3 is 0 Å². The molecule has 0 unspecified atom stereocenters. The summed E-state index contributed by atoms with van der Waals surface area (Å²) in [6.07, 6.45) is 13.4. The molecule has 0 amide bonds. The van der Waals surface area contributed by atoms with E-state index in [1.165, 1.54) is 16.7 Å². The summed E-state index contributed by atoms with van der Waals surface area (Å²) in [4.78, 5) is 0. The SMILES string of the molecule is C#C.C/C=C\c1cc(CC)ccc1C.CC.CC. The van der Waals surface area contributed by atoms with Crippen LogP contribution in [0.15, 0.2) is 24.3 Å². The summed E-state index contributed by atoms with van der Waals surface area (Å²) in [6.45, 7) is 14.4. The summed E-state index contributed by atoms with van der Waals surface area (Å²) >= 11 is 0. The van der Waals surface area contributed by atoms with Gasteiger partial charge < -0.3 is 0 Å². The summed E-state index contributed by atoms with van der Waals surface area (Å²) < 4.78 is 0. The van der Waals surface area contributed by atoms with Crippen LogP contribution >= 0.6 is 0 Å². The average Bonchev–Trinajstić information content (AvgIpc) is 2.48. The summed E-state index contributed by atoms with van der Waals surface area (Å²) in [7, 11) is 0. The van der Waals surface area contributed by atoms with Crippen molar-refractivity contribution in [1.82, 2.24) is 0 Å². The molecule has 0 saturated carbocycles. The maximum Gasteiger partial charge on any atom is -0.0228 e. The molecule has 0 fully saturated rings. The molecule has 0 nitrogen and oxygen atoms in total. The van der Waals surface area contributed by atoms with Gasteiger partial charge in [-0.25, -0.2) is 0 Å². The third-order valence-electron chi connectivity index (χ3n) is 2.10. The highest BCUT2D eigenvalue weighted by Gasteiger charge is 1.94. The molecule has 1 aromatic rings.